The molecule has 25 heavy (non-hydrogen) atoms. The molecule has 0 unspecified atom stereocenters. The van der Waals surface area contributed by atoms with E-state index < -0.39 is 10.0 Å². The monoisotopic (exact) mass is 360 g/mol. The molecule has 2 rings (SSSR count). The summed E-state index contributed by atoms with van der Waals surface area (Å²) in [6.45, 7) is 3.93. The van der Waals surface area contributed by atoms with Crippen LogP contribution in [-0.2, 0) is 16.4 Å². The number of benzene rings is 2. The first-order valence-corrected chi connectivity index (χ1v) is 9.80. The molecule has 134 valence electrons. The van der Waals surface area contributed by atoms with Crippen LogP contribution in [0.25, 0.3) is 0 Å². The van der Waals surface area contributed by atoms with Gasteiger partial charge in [0.15, 0.2) is 0 Å². The fraction of sp³-hybridized carbons (Fsp3) is 0.316. The summed E-state index contributed by atoms with van der Waals surface area (Å²) >= 11 is 0. The van der Waals surface area contributed by atoms with E-state index in [2.05, 4.69) is 17.0 Å². The van der Waals surface area contributed by atoms with E-state index in [0.717, 1.165) is 19.3 Å². The predicted molar refractivity (Wildman–Crippen MR) is 100 cm³/mol. The Balaban J connectivity index is 2.19. The molecule has 5 nitrogen and oxygen atoms in total. The smallest absolute Gasteiger partial charge is 0.255 e. The molecule has 2 N–H and O–H groups in total. The van der Waals surface area contributed by atoms with Gasteiger partial charge in [-0.2, -0.15) is 0 Å². The lowest BCUT2D eigenvalue weighted by molar-refractivity contribution is 0.102. The fourth-order valence-corrected chi connectivity index (χ4v) is 3.22. The van der Waals surface area contributed by atoms with Crippen LogP contribution in [0.4, 0.5) is 5.69 Å². The van der Waals surface area contributed by atoms with Crippen LogP contribution in [0.15, 0.2) is 47.4 Å². The van der Waals surface area contributed by atoms with E-state index in [1.165, 1.54) is 24.7 Å². The molecule has 0 bridgehead atoms. The number of anilines is 1. The summed E-state index contributed by atoms with van der Waals surface area (Å²) < 4.78 is 26.1. The molecular formula is C19H24N2O3S. The second-order valence-corrected chi connectivity index (χ2v) is 7.83. The van der Waals surface area contributed by atoms with Crippen molar-refractivity contribution >= 4 is 21.6 Å². The maximum absolute atomic E-state index is 12.5. The van der Waals surface area contributed by atoms with E-state index in [1.54, 1.807) is 13.0 Å². The van der Waals surface area contributed by atoms with Gasteiger partial charge in [-0.1, -0.05) is 31.5 Å². The highest BCUT2D eigenvalue weighted by atomic mass is 32.2. The van der Waals surface area contributed by atoms with Crippen molar-refractivity contribution in [1.82, 2.24) is 4.72 Å². The Kier molecular flexibility index (Phi) is 6.33. The number of unbranched alkanes of at least 4 members (excludes halogenated alkanes) is 1. The quantitative estimate of drug-likeness (QED) is 0.793. The average Bonchev–Trinajstić information content (AvgIpc) is 2.61. The third-order valence-corrected chi connectivity index (χ3v) is 5.48. The Morgan fingerprint density at radius 1 is 1.08 bits per heavy atom. The number of nitrogens with one attached hydrogen (secondary N) is 2. The van der Waals surface area contributed by atoms with Crippen molar-refractivity contribution < 1.29 is 13.2 Å². The van der Waals surface area contributed by atoms with Gasteiger partial charge in [0.25, 0.3) is 5.91 Å². The Morgan fingerprint density at radius 2 is 1.76 bits per heavy atom. The van der Waals surface area contributed by atoms with Crippen LogP contribution in [0.2, 0.25) is 0 Å². The van der Waals surface area contributed by atoms with Crippen molar-refractivity contribution in [3.63, 3.8) is 0 Å². The highest BCUT2D eigenvalue weighted by Crippen LogP contribution is 2.18. The largest absolute Gasteiger partial charge is 0.322 e. The van der Waals surface area contributed by atoms with Gasteiger partial charge in [-0.3, -0.25) is 4.79 Å². The number of hydrogen-bond donors (Lipinski definition) is 2. The van der Waals surface area contributed by atoms with Crippen LogP contribution in [0.3, 0.4) is 0 Å². The Hall–Kier alpha value is -2.18. The summed E-state index contributed by atoms with van der Waals surface area (Å²) in [4.78, 5) is 12.6. The molecule has 0 spiro atoms. The summed E-state index contributed by atoms with van der Waals surface area (Å²) in [7, 11) is -2.25. The van der Waals surface area contributed by atoms with E-state index in [4.69, 9.17) is 0 Å². The topological polar surface area (TPSA) is 75.3 Å². The zero-order valence-electron chi connectivity index (χ0n) is 14.8. The normalized spacial score (nSPS) is 11.3. The molecule has 2 aromatic carbocycles. The van der Waals surface area contributed by atoms with E-state index in [9.17, 15) is 13.2 Å². The minimum atomic E-state index is -3.59. The number of carbonyl (C=O) groups is 1. The van der Waals surface area contributed by atoms with Gasteiger partial charge in [0.05, 0.1) is 4.90 Å². The molecule has 0 radical (unpaired) electrons. The van der Waals surface area contributed by atoms with Gasteiger partial charge in [0, 0.05) is 11.3 Å². The lowest BCUT2D eigenvalue weighted by Crippen LogP contribution is -2.20. The van der Waals surface area contributed by atoms with Crippen molar-refractivity contribution in [3.8, 4) is 0 Å². The van der Waals surface area contributed by atoms with Crippen molar-refractivity contribution in [2.24, 2.45) is 0 Å². The number of aryl methyl sites for hydroxylation is 2. The lowest BCUT2D eigenvalue weighted by Gasteiger charge is -2.10. The maximum Gasteiger partial charge on any atom is 0.255 e. The van der Waals surface area contributed by atoms with Gasteiger partial charge in [0.1, 0.15) is 0 Å². The minimum Gasteiger partial charge on any atom is -0.322 e. The van der Waals surface area contributed by atoms with Gasteiger partial charge in [-0.25, -0.2) is 13.1 Å². The second kappa shape index (κ2) is 8.27. The summed E-state index contributed by atoms with van der Waals surface area (Å²) in [5.41, 5.74) is 2.98. The molecule has 0 aliphatic heterocycles. The number of carbonyl (C=O) groups excluding carboxylic acids is 1. The molecule has 2 aromatic rings. The van der Waals surface area contributed by atoms with Gasteiger partial charge in [0.2, 0.25) is 10.0 Å². The van der Waals surface area contributed by atoms with Crippen molar-refractivity contribution in [1.29, 1.82) is 0 Å². The van der Waals surface area contributed by atoms with E-state index >= 15 is 0 Å². The van der Waals surface area contributed by atoms with Crippen LogP contribution in [0.5, 0.6) is 0 Å². The van der Waals surface area contributed by atoms with Crippen LogP contribution >= 0.6 is 0 Å². The molecule has 0 fully saturated rings. The second-order valence-electron chi connectivity index (χ2n) is 5.94. The fourth-order valence-electron chi connectivity index (χ4n) is 2.46. The molecule has 0 aromatic heterocycles. The zero-order chi connectivity index (χ0) is 18.4. The molecule has 0 saturated heterocycles. The highest BCUT2D eigenvalue weighted by molar-refractivity contribution is 7.89. The zero-order valence-corrected chi connectivity index (χ0v) is 15.6. The lowest BCUT2D eigenvalue weighted by atomic mass is 10.1. The van der Waals surface area contributed by atoms with Gasteiger partial charge in [-0.15, -0.1) is 0 Å². The van der Waals surface area contributed by atoms with Crippen LogP contribution in [0, 0.1) is 6.92 Å². The van der Waals surface area contributed by atoms with E-state index in [-0.39, 0.29) is 10.8 Å². The summed E-state index contributed by atoms with van der Waals surface area (Å²) in [5.74, 6) is -0.327. The molecule has 0 heterocycles. The number of sulfonamides is 1. The van der Waals surface area contributed by atoms with Gasteiger partial charge >= 0.3 is 0 Å². The predicted octanol–water partition coefficient (Wildman–Crippen LogP) is 3.50. The summed E-state index contributed by atoms with van der Waals surface area (Å²) in [5, 5.41) is 2.82. The average molecular weight is 360 g/mol. The molecular weight excluding hydrogens is 336 g/mol. The van der Waals surface area contributed by atoms with Crippen LogP contribution in [0.1, 0.15) is 41.3 Å². The Labute approximate surface area is 149 Å². The number of hydrogen-bond acceptors (Lipinski definition) is 3. The molecule has 0 aliphatic rings. The summed E-state index contributed by atoms with van der Waals surface area (Å²) in [6, 6.07) is 12.2. The SMILES string of the molecule is CCCCc1ccc(NC(=O)c2cc(S(=O)(=O)NC)ccc2C)cc1. The van der Waals surface area contributed by atoms with Crippen molar-refractivity contribution in [3.05, 3.63) is 59.2 Å². The molecule has 1 amide bonds. The minimum absolute atomic E-state index is 0.0701. The van der Waals surface area contributed by atoms with Gasteiger partial charge in [-0.05, 0) is 62.2 Å². The van der Waals surface area contributed by atoms with Gasteiger partial charge < -0.3 is 5.32 Å². The third-order valence-electron chi connectivity index (χ3n) is 4.06. The molecule has 0 atom stereocenters. The highest BCUT2D eigenvalue weighted by Gasteiger charge is 2.16. The van der Waals surface area contributed by atoms with E-state index in [0.29, 0.717) is 16.8 Å². The van der Waals surface area contributed by atoms with E-state index in [1.807, 2.05) is 24.3 Å². The molecule has 0 aliphatic carbocycles. The number of amides is 1. The first kappa shape index (κ1) is 19.1. The molecule has 6 heteroatoms. The van der Waals surface area contributed by atoms with Crippen LogP contribution in [-0.4, -0.2) is 21.4 Å². The Bertz CT molecular complexity index is 843. The number of rotatable bonds is 7. The first-order valence-electron chi connectivity index (χ1n) is 8.32. The Morgan fingerprint density at radius 3 is 2.36 bits per heavy atom. The van der Waals surface area contributed by atoms with Crippen molar-refractivity contribution in [2.45, 2.75) is 38.0 Å². The standard InChI is InChI=1S/C19H24N2O3S/c1-4-5-6-15-8-10-16(11-9-15)21-19(22)18-13-17(12-7-14(18)2)25(23,24)20-3/h7-13,20H,4-6H2,1-3H3,(H,21,22). The van der Waals surface area contributed by atoms with Crippen LogP contribution < -0.4 is 10.0 Å². The summed E-state index contributed by atoms with van der Waals surface area (Å²) in [6.07, 6.45) is 3.30. The maximum atomic E-state index is 12.5. The van der Waals surface area contributed by atoms with Crippen molar-refractivity contribution in [2.75, 3.05) is 12.4 Å². The third kappa shape index (κ3) is 4.90. The molecule has 0 saturated carbocycles. The first-order chi connectivity index (χ1) is 11.9.